The molecule has 1 spiro atoms. The highest BCUT2D eigenvalue weighted by Gasteiger charge is 2.49. The molecule has 2 amide bonds. The molecule has 5 aromatic rings. The number of aromatic nitrogens is 5. The van der Waals surface area contributed by atoms with Gasteiger partial charge in [-0.2, -0.15) is 13.2 Å². The molecule has 57 heavy (non-hydrogen) atoms. The number of likely N-dealkylation sites (tertiary alicyclic amines) is 1. The number of hydrogen-bond acceptors (Lipinski definition) is 10. The standard InChI is InChI=1S/C38H36Cl2F3N9O5/c1-49-31-27(33(54)50(2)36(49)56)30(46-34(47-31)38(41,42)43)44-23-9-5-7-21(29(23)40)20-6-4-8-22(28(20)39)24-16-19-10-11-25(26(19)32(45-24)57-3)51-13-12-37(17-51)18-52(14-15-53)35(55)48-37/h4-9,16,25,53H,10-15,17-18H2,1-3H3,(H,48,55)(H,44,46,47)/t25-,37+/m0/s1. The van der Waals surface area contributed by atoms with E-state index >= 15 is 0 Å². The minimum Gasteiger partial charge on any atom is -0.481 e. The van der Waals surface area contributed by atoms with E-state index < -0.39 is 34.7 Å². The second-order valence-corrected chi connectivity index (χ2v) is 15.2. The fourth-order valence-electron chi connectivity index (χ4n) is 8.30. The third kappa shape index (κ3) is 6.55. The number of benzene rings is 2. The summed E-state index contributed by atoms with van der Waals surface area (Å²) < 4.78 is 49.3. The molecule has 3 aliphatic rings. The summed E-state index contributed by atoms with van der Waals surface area (Å²) in [6.07, 6.45) is -2.61. The van der Waals surface area contributed by atoms with Crippen molar-refractivity contribution in [3.05, 3.63) is 90.3 Å². The first-order valence-electron chi connectivity index (χ1n) is 18.0. The number of urea groups is 1. The summed E-state index contributed by atoms with van der Waals surface area (Å²) in [5, 5.41) is 15.4. The van der Waals surface area contributed by atoms with Crippen LogP contribution in [0.25, 0.3) is 33.4 Å². The molecule has 3 aromatic heterocycles. The Bertz CT molecular complexity index is 2600. The largest absolute Gasteiger partial charge is 0.481 e. The van der Waals surface area contributed by atoms with Crippen molar-refractivity contribution >= 4 is 51.8 Å². The van der Waals surface area contributed by atoms with Gasteiger partial charge in [0.05, 0.1) is 40.7 Å². The van der Waals surface area contributed by atoms with Gasteiger partial charge in [0.2, 0.25) is 11.7 Å². The van der Waals surface area contributed by atoms with E-state index in [9.17, 15) is 32.7 Å². The van der Waals surface area contributed by atoms with E-state index in [2.05, 4.69) is 25.5 Å². The summed E-state index contributed by atoms with van der Waals surface area (Å²) in [7, 11) is 3.98. The Morgan fingerprint density at radius 3 is 2.44 bits per heavy atom. The zero-order valence-electron chi connectivity index (χ0n) is 30.9. The van der Waals surface area contributed by atoms with Gasteiger partial charge in [-0.3, -0.25) is 18.8 Å². The number of ether oxygens (including phenoxy) is 1. The van der Waals surface area contributed by atoms with E-state index in [-0.39, 0.29) is 46.9 Å². The minimum atomic E-state index is -4.99. The van der Waals surface area contributed by atoms with Gasteiger partial charge in [-0.25, -0.2) is 24.5 Å². The quantitative estimate of drug-likeness (QED) is 0.188. The number of halogens is 5. The van der Waals surface area contributed by atoms with Crippen LogP contribution in [0.1, 0.15) is 35.8 Å². The third-order valence-corrected chi connectivity index (χ3v) is 11.9. The maximum Gasteiger partial charge on any atom is 0.451 e. The summed E-state index contributed by atoms with van der Waals surface area (Å²) in [5.74, 6) is -1.58. The first-order valence-corrected chi connectivity index (χ1v) is 18.8. The summed E-state index contributed by atoms with van der Waals surface area (Å²) in [6.45, 7) is 2.16. The molecule has 14 nitrogen and oxygen atoms in total. The Morgan fingerprint density at radius 2 is 1.72 bits per heavy atom. The lowest BCUT2D eigenvalue weighted by Crippen LogP contribution is -2.46. The number of aryl methyl sites for hydroxylation is 2. The predicted octanol–water partition coefficient (Wildman–Crippen LogP) is 5.28. The molecular formula is C38H36Cl2F3N9O5. The maximum atomic E-state index is 13.9. The van der Waals surface area contributed by atoms with Crippen LogP contribution < -0.4 is 26.6 Å². The summed E-state index contributed by atoms with van der Waals surface area (Å²) in [6, 6.07) is 12.0. The van der Waals surface area contributed by atoms with Crippen molar-refractivity contribution < 1.29 is 27.8 Å². The number of methoxy groups -OCH3 is 1. The van der Waals surface area contributed by atoms with Crippen LogP contribution in [0.4, 0.5) is 29.5 Å². The molecule has 3 N–H and O–H groups in total. The van der Waals surface area contributed by atoms with Crippen molar-refractivity contribution in [3.63, 3.8) is 0 Å². The molecule has 0 saturated carbocycles. The minimum absolute atomic E-state index is 0.0276. The number of anilines is 2. The molecular weight excluding hydrogens is 790 g/mol. The SMILES string of the molecule is COc1nc(-c2cccc(-c3cccc(Nc4nc(C(F)(F)F)nc5c4c(=O)n(C)c(=O)n5C)c3Cl)c2Cl)cc2c1[C@@H](N1CC[C@]3(CN(CCO)C(=O)N3)C1)CC2. The number of nitrogens with zero attached hydrogens (tertiary/aromatic N) is 7. The zero-order chi connectivity index (χ0) is 40.6. The van der Waals surface area contributed by atoms with Crippen LogP contribution in [0.3, 0.4) is 0 Å². The van der Waals surface area contributed by atoms with Gasteiger partial charge in [0.25, 0.3) is 5.56 Å². The van der Waals surface area contributed by atoms with E-state index in [1.165, 1.54) is 20.2 Å². The molecule has 0 radical (unpaired) electrons. The topological polar surface area (TPSA) is 160 Å². The monoisotopic (exact) mass is 825 g/mol. The lowest BCUT2D eigenvalue weighted by Gasteiger charge is -2.28. The smallest absolute Gasteiger partial charge is 0.451 e. The molecule has 2 saturated heterocycles. The number of carbonyl (C=O) groups excluding carboxylic acids is 1. The Hall–Kier alpha value is -5.23. The van der Waals surface area contributed by atoms with Gasteiger partial charge in [0.1, 0.15) is 11.2 Å². The molecule has 1 aliphatic carbocycles. The number of aliphatic hydroxyl groups is 1. The van der Waals surface area contributed by atoms with Gasteiger partial charge in [0, 0.05) is 68.6 Å². The second-order valence-electron chi connectivity index (χ2n) is 14.5. The highest BCUT2D eigenvalue weighted by molar-refractivity contribution is 6.39. The van der Waals surface area contributed by atoms with Crippen LogP contribution in [0.2, 0.25) is 10.0 Å². The first kappa shape index (κ1) is 38.6. The molecule has 2 aliphatic heterocycles. The average molecular weight is 827 g/mol. The molecule has 5 heterocycles. The molecule has 8 rings (SSSR count). The summed E-state index contributed by atoms with van der Waals surface area (Å²) in [4.78, 5) is 54.5. The number of nitrogens with one attached hydrogen (secondary N) is 2. The number of rotatable bonds is 8. The third-order valence-electron chi connectivity index (χ3n) is 11.0. The lowest BCUT2D eigenvalue weighted by molar-refractivity contribution is -0.144. The number of aliphatic hydroxyl groups excluding tert-OH is 1. The molecule has 2 fully saturated rings. The summed E-state index contributed by atoms with van der Waals surface area (Å²) in [5.41, 5.74) is 1.61. The summed E-state index contributed by atoms with van der Waals surface area (Å²) >= 11 is 14.1. The van der Waals surface area contributed by atoms with Crippen LogP contribution in [0.15, 0.2) is 52.1 Å². The van der Waals surface area contributed by atoms with Gasteiger partial charge < -0.3 is 25.4 Å². The van der Waals surface area contributed by atoms with Crippen molar-refractivity contribution in [2.75, 3.05) is 45.2 Å². The van der Waals surface area contributed by atoms with Crippen molar-refractivity contribution in [3.8, 4) is 28.3 Å². The highest BCUT2D eigenvalue weighted by Crippen LogP contribution is 2.47. The van der Waals surface area contributed by atoms with E-state index in [0.29, 0.717) is 46.4 Å². The van der Waals surface area contributed by atoms with Gasteiger partial charge in [0.15, 0.2) is 5.65 Å². The number of amides is 2. The number of fused-ring (bicyclic) bond motifs is 2. The van der Waals surface area contributed by atoms with Gasteiger partial charge in [-0.1, -0.05) is 53.5 Å². The Balaban J connectivity index is 1.13. The Morgan fingerprint density at radius 1 is 1.00 bits per heavy atom. The Kier molecular flexibility index (Phi) is 9.69. The predicted molar refractivity (Wildman–Crippen MR) is 207 cm³/mol. The zero-order valence-corrected chi connectivity index (χ0v) is 32.4. The van der Waals surface area contributed by atoms with Crippen molar-refractivity contribution in [2.45, 2.75) is 37.0 Å². The number of pyridine rings is 1. The number of alkyl halides is 3. The van der Waals surface area contributed by atoms with Gasteiger partial charge in [-0.05, 0) is 37.0 Å². The van der Waals surface area contributed by atoms with Crippen LogP contribution >= 0.6 is 23.2 Å². The van der Waals surface area contributed by atoms with Crippen LogP contribution in [-0.4, -0.2) is 90.5 Å². The van der Waals surface area contributed by atoms with E-state index in [0.717, 1.165) is 46.1 Å². The lowest BCUT2D eigenvalue weighted by atomic mass is 9.99. The molecule has 2 aromatic carbocycles. The van der Waals surface area contributed by atoms with Gasteiger partial charge >= 0.3 is 17.9 Å². The number of β-amino-alcohol motifs (C(OH)–C–C–N with tert-alkyl or cyclic N) is 1. The molecule has 0 unspecified atom stereocenters. The maximum absolute atomic E-state index is 13.9. The molecule has 0 bridgehead atoms. The van der Waals surface area contributed by atoms with Gasteiger partial charge in [-0.15, -0.1) is 0 Å². The van der Waals surface area contributed by atoms with E-state index in [1.807, 2.05) is 12.1 Å². The van der Waals surface area contributed by atoms with Crippen molar-refractivity contribution in [2.24, 2.45) is 14.1 Å². The fraction of sp³-hybridized carbons (Fsp3) is 0.368. The highest BCUT2D eigenvalue weighted by atomic mass is 35.5. The van der Waals surface area contributed by atoms with Crippen LogP contribution in [0, 0.1) is 0 Å². The average Bonchev–Trinajstić information content (AvgIpc) is 3.88. The van der Waals surface area contributed by atoms with E-state index in [4.69, 9.17) is 32.9 Å². The molecule has 19 heteroatoms. The first-order chi connectivity index (χ1) is 27.1. The molecule has 298 valence electrons. The van der Waals surface area contributed by atoms with Crippen LogP contribution in [-0.2, 0) is 26.7 Å². The number of hydrogen-bond donors (Lipinski definition) is 3. The fourth-order valence-corrected chi connectivity index (χ4v) is 8.90. The normalized spacial score (nSPS) is 19.5. The van der Waals surface area contributed by atoms with Crippen LogP contribution in [0.5, 0.6) is 5.88 Å². The second kappa shape index (κ2) is 14.3. The van der Waals surface area contributed by atoms with E-state index in [1.54, 1.807) is 36.3 Å². The molecule has 2 atom stereocenters. The Labute approximate surface area is 332 Å². The van der Waals surface area contributed by atoms with Crippen molar-refractivity contribution in [1.29, 1.82) is 0 Å². The number of carbonyl (C=O) groups is 1. The van der Waals surface area contributed by atoms with Crippen molar-refractivity contribution in [1.82, 2.24) is 39.2 Å².